The van der Waals surface area contributed by atoms with Gasteiger partial charge >= 0.3 is 0 Å². The van der Waals surface area contributed by atoms with Gasteiger partial charge in [-0.15, -0.1) is 0 Å². The minimum absolute atomic E-state index is 0. The van der Waals surface area contributed by atoms with Gasteiger partial charge < -0.3 is 4.90 Å². The van der Waals surface area contributed by atoms with Gasteiger partial charge in [-0.1, -0.05) is 31.5 Å². The van der Waals surface area contributed by atoms with E-state index < -0.39 is 11.6 Å². The van der Waals surface area contributed by atoms with E-state index in [0.717, 1.165) is 18.9 Å². The summed E-state index contributed by atoms with van der Waals surface area (Å²) in [4.78, 5) is 13.9. The third kappa shape index (κ3) is 4.49. The third-order valence-corrected chi connectivity index (χ3v) is 3.13. The number of carbonyl (C=O) groups is 1. The molecule has 1 amide bonds. The van der Waals surface area contributed by atoms with E-state index >= 15 is 0 Å². The number of hydrogen-bond donors (Lipinski definition) is 0. The quantitative estimate of drug-likeness (QED) is 0.749. The molecule has 0 aliphatic rings. The zero-order chi connectivity index (χ0) is 15.2. The zero-order valence-electron chi connectivity index (χ0n) is 12.3. The average Bonchev–Trinajstić information content (AvgIpc) is 2.50. The van der Waals surface area contributed by atoms with E-state index in [4.69, 9.17) is 0 Å². The summed E-state index contributed by atoms with van der Waals surface area (Å²) < 4.78 is 26.9. The molecule has 0 heterocycles. The Labute approximate surface area is 144 Å². The number of nitrogens with zero attached hydrogens (tertiary/aromatic N) is 1. The molecular weight excluding hydrogens is 320 g/mol. The van der Waals surface area contributed by atoms with E-state index in [-0.39, 0.29) is 33.3 Å². The second-order valence-electron chi connectivity index (χ2n) is 4.68. The molecule has 0 saturated carbocycles. The van der Waals surface area contributed by atoms with Crippen molar-refractivity contribution in [1.29, 1.82) is 0 Å². The van der Waals surface area contributed by atoms with E-state index in [1.165, 1.54) is 11.0 Å². The maximum atomic E-state index is 13.9. The minimum atomic E-state index is -0.851. The Kier molecular flexibility index (Phi) is 7.42. The Bertz CT molecular complexity index is 619. The smallest absolute Gasteiger partial charge is 0.258 e. The SMILES string of the molecule is CCCCN(C(=O)c1ccccc1)c1ccc(F)[c]c1F.[Ti]. The largest absolute Gasteiger partial charge is 0.306 e. The molecule has 0 unspecified atom stereocenters. The van der Waals surface area contributed by atoms with Gasteiger partial charge in [0.2, 0.25) is 0 Å². The van der Waals surface area contributed by atoms with Crippen molar-refractivity contribution in [3.05, 3.63) is 65.7 Å². The first-order chi connectivity index (χ1) is 10.1. The van der Waals surface area contributed by atoms with E-state index in [1.54, 1.807) is 30.3 Å². The van der Waals surface area contributed by atoms with Gasteiger partial charge in [-0.2, -0.15) is 0 Å². The summed E-state index contributed by atoms with van der Waals surface area (Å²) in [6.07, 6.45) is 1.60. The van der Waals surface area contributed by atoms with Gasteiger partial charge in [-0.05, 0) is 30.7 Å². The fourth-order valence-corrected chi connectivity index (χ4v) is 2.03. The molecule has 2 nitrogen and oxygen atoms in total. The Balaban J connectivity index is 0.00000242. The van der Waals surface area contributed by atoms with Crippen LogP contribution in [0.5, 0.6) is 0 Å². The van der Waals surface area contributed by atoms with Gasteiger partial charge in [0.1, 0.15) is 5.82 Å². The van der Waals surface area contributed by atoms with Gasteiger partial charge in [-0.25, -0.2) is 8.78 Å². The van der Waals surface area contributed by atoms with Crippen LogP contribution in [0.1, 0.15) is 30.1 Å². The molecule has 0 aromatic heterocycles. The Morgan fingerprint density at radius 2 is 1.82 bits per heavy atom. The normalized spacial score (nSPS) is 9.95. The monoisotopic (exact) mass is 336 g/mol. The molecule has 2 rings (SSSR count). The number of halogens is 2. The summed E-state index contributed by atoms with van der Waals surface area (Å²) in [5.74, 6) is -1.93. The maximum absolute atomic E-state index is 13.9. The van der Waals surface area contributed by atoms with Crippen LogP contribution < -0.4 is 4.90 Å². The molecule has 0 saturated heterocycles. The van der Waals surface area contributed by atoms with Crippen molar-refractivity contribution in [2.45, 2.75) is 19.8 Å². The van der Waals surface area contributed by atoms with Gasteiger partial charge in [0.25, 0.3) is 5.91 Å². The summed E-state index contributed by atoms with van der Waals surface area (Å²) in [5, 5.41) is 0. The van der Waals surface area contributed by atoms with Crippen LogP contribution in [0.25, 0.3) is 0 Å². The Morgan fingerprint density at radius 3 is 2.41 bits per heavy atom. The number of rotatable bonds is 5. The molecule has 0 atom stereocenters. The predicted molar refractivity (Wildman–Crippen MR) is 78.2 cm³/mol. The van der Waals surface area contributed by atoms with Crippen molar-refractivity contribution >= 4 is 11.6 Å². The van der Waals surface area contributed by atoms with E-state index in [0.29, 0.717) is 12.1 Å². The van der Waals surface area contributed by atoms with Crippen molar-refractivity contribution in [2.24, 2.45) is 0 Å². The molecule has 0 fully saturated rings. The molecule has 2 aromatic rings. The molecule has 1 radical (unpaired) electrons. The van der Waals surface area contributed by atoms with Crippen LogP contribution in [0.3, 0.4) is 0 Å². The average molecular weight is 336 g/mol. The number of carbonyl (C=O) groups excluding carboxylic acids is 1. The van der Waals surface area contributed by atoms with Crippen LogP contribution >= 0.6 is 0 Å². The predicted octanol–water partition coefficient (Wildman–Crippen LogP) is 4.21. The van der Waals surface area contributed by atoms with E-state index in [2.05, 4.69) is 0 Å². The zero-order valence-corrected chi connectivity index (χ0v) is 13.8. The molecule has 2 aromatic carbocycles. The summed E-state index contributed by atoms with van der Waals surface area (Å²) in [5.41, 5.74) is 0.524. The van der Waals surface area contributed by atoms with E-state index in [9.17, 15) is 13.6 Å². The molecule has 0 spiro atoms. The van der Waals surface area contributed by atoms with Crippen molar-refractivity contribution in [3.8, 4) is 0 Å². The Morgan fingerprint density at radius 1 is 1.14 bits per heavy atom. The van der Waals surface area contributed by atoms with Crippen LogP contribution in [0, 0.1) is 17.7 Å². The second kappa shape index (κ2) is 8.81. The maximum Gasteiger partial charge on any atom is 0.258 e. The topological polar surface area (TPSA) is 20.3 Å². The molecule has 0 bridgehead atoms. The van der Waals surface area contributed by atoms with Crippen LogP contribution in [-0.2, 0) is 21.7 Å². The summed E-state index contributed by atoms with van der Waals surface area (Å²) in [6.45, 7) is 2.36. The van der Waals surface area contributed by atoms with Crippen molar-refractivity contribution in [2.75, 3.05) is 11.4 Å². The van der Waals surface area contributed by atoms with Crippen LogP contribution in [0.4, 0.5) is 14.5 Å². The fourth-order valence-electron chi connectivity index (χ4n) is 2.03. The fraction of sp³-hybridized carbons (Fsp3) is 0.235. The molecule has 22 heavy (non-hydrogen) atoms. The molecule has 113 valence electrons. The first-order valence-corrected chi connectivity index (χ1v) is 6.87. The van der Waals surface area contributed by atoms with Gasteiger partial charge in [0, 0.05) is 33.8 Å². The molecule has 0 aliphatic heterocycles. The summed E-state index contributed by atoms with van der Waals surface area (Å²) >= 11 is 0. The standard InChI is InChI=1S/C17H16F2NO.Ti/c1-2-3-11-20(16-10-9-14(18)12-15(16)19)17(21)13-7-5-4-6-8-13;/h4-10H,2-3,11H2,1H3;. The third-order valence-electron chi connectivity index (χ3n) is 3.13. The second-order valence-corrected chi connectivity index (χ2v) is 4.68. The van der Waals surface area contributed by atoms with Crippen molar-refractivity contribution in [1.82, 2.24) is 0 Å². The summed E-state index contributed by atoms with van der Waals surface area (Å²) in [7, 11) is 0. The number of amides is 1. The Hall–Kier alpha value is -1.52. The van der Waals surface area contributed by atoms with Gasteiger partial charge in [0.15, 0.2) is 5.82 Å². The number of anilines is 1. The van der Waals surface area contributed by atoms with Crippen LogP contribution in [0.15, 0.2) is 42.5 Å². The molecule has 0 N–H and O–H groups in total. The van der Waals surface area contributed by atoms with Crippen LogP contribution in [0.2, 0.25) is 0 Å². The molecular formula is C17H16F2NOTi. The first kappa shape index (κ1) is 18.5. The number of hydrogen-bond acceptors (Lipinski definition) is 1. The molecule has 0 aliphatic carbocycles. The minimum Gasteiger partial charge on any atom is -0.306 e. The van der Waals surface area contributed by atoms with Gasteiger partial charge in [-0.3, -0.25) is 4.79 Å². The van der Waals surface area contributed by atoms with Gasteiger partial charge in [0.05, 0.1) is 11.8 Å². The first-order valence-electron chi connectivity index (χ1n) is 6.87. The molecule has 5 heteroatoms. The van der Waals surface area contributed by atoms with Crippen LogP contribution in [-0.4, -0.2) is 12.5 Å². The summed E-state index contributed by atoms with van der Waals surface area (Å²) in [6, 6.07) is 13.0. The van der Waals surface area contributed by atoms with Crippen molar-refractivity contribution < 1.29 is 35.3 Å². The van der Waals surface area contributed by atoms with E-state index in [1.807, 2.05) is 13.0 Å². The van der Waals surface area contributed by atoms with Crippen molar-refractivity contribution in [3.63, 3.8) is 0 Å². The number of benzene rings is 2. The number of unbranched alkanes of at least 4 members (excludes halogenated alkanes) is 1.